The number of esters is 1. The molecule has 15 nitrogen and oxygen atoms in total. The number of nitrogens with one attached hydrogen (secondary N) is 3. The van der Waals surface area contributed by atoms with E-state index in [-0.39, 0.29) is 66.1 Å². The minimum absolute atomic E-state index is 0.00476. The van der Waals surface area contributed by atoms with E-state index >= 15 is 0 Å². The number of H-pyrrole nitrogens is 2. The highest BCUT2D eigenvalue weighted by molar-refractivity contribution is 6.19. The second-order valence-corrected chi connectivity index (χ2v) is 13.7. The Bertz CT molecular complexity index is 2620. The summed E-state index contributed by atoms with van der Waals surface area (Å²) in [6.07, 6.45) is -7.55. The molecule has 19 heteroatoms. The second kappa shape index (κ2) is 14.4. The summed E-state index contributed by atoms with van der Waals surface area (Å²) in [5, 5.41) is 23.7. The fraction of sp³-hybridized carbons (Fsp3) is 0.263. The molecule has 0 saturated carbocycles. The molecule has 2 aliphatic heterocycles. The van der Waals surface area contributed by atoms with Crippen LogP contribution in [0.15, 0.2) is 59.0 Å². The van der Waals surface area contributed by atoms with Gasteiger partial charge in [0.2, 0.25) is 0 Å². The number of hydrogen-bond donors (Lipinski definition) is 5. The number of furan rings is 1. The molecule has 0 bridgehead atoms. The summed E-state index contributed by atoms with van der Waals surface area (Å²) < 4.78 is 64.8. The van der Waals surface area contributed by atoms with Crippen molar-refractivity contribution < 1.29 is 61.2 Å². The van der Waals surface area contributed by atoms with Gasteiger partial charge in [0.1, 0.15) is 17.6 Å². The number of amides is 3. The number of methoxy groups -OCH3 is 1. The van der Waals surface area contributed by atoms with Gasteiger partial charge in [0.25, 0.3) is 11.8 Å². The number of aromatic nitrogens is 2. The molecular formula is C38H31ClF3N5O10. The van der Waals surface area contributed by atoms with E-state index in [1.54, 1.807) is 42.5 Å². The zero-order valence-electron chi connectivity index (χ0n) is 29.7. The molecule has 8 rings (SSSR count). The molecule has 57 heavy (non-hydrogen) atoms. The third-order valence-electron chi connectivity index (χ3n) is 10.0. The van der Waals surface area contributed by atoms with Crippen LogP contribution in [-0.4, -0.2) is 88.1 Å². The van der Waals surface area contributed by atoms with Crippen molar-refractivity contribution in [3.63, 3.8) is 0 Å². The van der Waals surface area contributed by atoms with Crippen LogP contribution >= 0.6 is 11.6 Å². The minimum atomic E-state index is -5.11. The van der Waals surface area contributed by atoms with E-state index in [2.05, 4.69) is 15.3 Å². The van der Waals surface area contributed by atoms with Crippen molar-refractivity contribution in [2.24, 2.45) is 5.92 Å². The van der Waals surface area contributed by atoms with E-state index in [0.29, 0.717) is 33.3 Å². The number of benzene rings is 3. The standard InChI is InChI=1S/C38H31ClF3N5O10/c1-54-25-4-2-3-18-12-27(56-32(18)25)34(50)43-20-5-6-22-19(10-20)11-23(44-22)35(51)46-8-7-21-24(46)13-26(57-37(53)47-14-17(15-48)9-28(47)49)31-29(21)30(36(52)55-16-39)33(45-31)38(40,41)42/h2-6,10-13,17,28,44-45,48-49H,7-9,14-16H2,1H3,(H,43,50)/t17-,28+/m1/s1. The van der Waals surface area contributed by atoms with Crippen LogP contribution in [0.3, 0.4) is 0 Å². The van der Waals surface area contributed by atoms with Crippen LogP contribution in [0.5, 0.6) is 11.5 Å². The summed E-state index contributed by atoms with van der Waals surface area (Å²) in [6, 6.07) is 13.7. The number of carbonyl (C=O) groups excluding carboxylic acids is 4. The van der Waals surface area contributed by atoms with Crippen LogP contribution in [0.25, 0.3) is 32.8 Å². The number of nitrogens with zero attached hydrogens (tertiary/aromatic N) is 2. The van der Waals surface area contributed by atoms with Crippen molar-refractivity contribution in [1.82, 2.24) is 14.9 Å². The molecule has 5 N–H and O–H groups in total. The molecule has 3 aromatic heterocycles. The van der Waals surface area contributed by atoms with Crippen molar-refractivity contribution in [2.75, 3.05) is 43.1 Å². The Hall–Kier alpha value is -6.24. The maximum Gasteiger partial charge on any atom is 0.432 e. The smallest absolute Gasteiger partial charge is 0.432 e. The number of hydrogen-bond acceptors (Lipinski definition) is 10. The number of para-hydroxylation sites is 1. The van der Waals surface area contributed by atoms with E-state index in [1.807, 2.05) is 0 Å². The maximum absolute atomic E-state index is 14.5. The summed E-state index contributed by atoms with van der Waals surface area (Å²) >= 11 is 5.58. The molecule has 3 amide bonds. The van der Waals surface area contributed by atoms with Gasteiger partial charge < -0.3 is 49.0 Å². The predicted molar refractivity (Wildman–Crippen MR) is 198 cm³/mol. The highest BCUT2D eigenvalue weighted by Gasteiger charge is 2.43. The number of rotatable bonds is 8. The lowest BCUT2D eigenvalue weighted by Crippen LogP contribution is -2.37. The number of anilines is 2. The third kappa shape index (κ3) is 6.64. The van der Waals surface area contributed by atoms with Crippen LogP contribution in [0, 0.1) is 5.92 Å². The monoisotopic (exact) mass is 809 g/mol. The number of likely N-dealkylation sites (tertiary alicyclic amines) is 1. The van der Waals surface area contributed by atoms with Gasteiger partial charge in [-0.3, -0.25) is 14.5 Å². The van der Waals surface area contributed by atoms with Crippen molar-refractivity contribution in [3.8, 4) is 11.5 Å². The normalized spacial score (nSPS) is 16.8. The van der Waals surface area contributed by atoms with E-state index in [4.69, 9.17) is 30.2 Å². The summed E-state index contributed by atoms with van der Waals surface area (Å²) in [5.74, 6) is -2.98. The molecular weight excluding hydrogens is 779 g/mol. The highest BCUT2D eigenvalue weighted by atomic mass is 35.5. The average molecular weight is 810 g/mol. The second-order valence-electron chi connectivity index (χ2n) is 13.5. The van der Waals surface area contributed by atoms with Gasteiger partial charge in [-0.05, 0) is 54.8 Å². The molecule has 2 aliphatic rings. The fourth-order valence-electron chi connectivity index (χ4n) is 7.42. The third-order valence-corrected chi connectivity index (χ3v) is 10.1. The minimum Gasteiger partial charge on any atom is -0.493 e. The molecule has 3 aromatic carbocycles. The summed E-state index contributed by atoms with van der Waals surface area (Å²) in [7, 11) is 1.49. The highest BCUT2D eigenvalue weighted by Crippen LogP contribution is 2.46. The number of halogens is 4. The first-order valence-electron chi connectivity index (χ1n) is 17.4. The topological polar surface area (TPSA) is 200 Å². The zero-order chi connectivity index (χ0) is 40.3. The first-order chi connectivity index (χ1) is 27.3. The predicted octanol–water partition coefficient (Wildman–Crippen LogP) is 6.36. The number of ether oxygens (including phenoxy) is 3. The van der Waals surface area contributed by atoms with Crippen molar-refractivity contribution >= 4 is 79.6 Å². The fourth-order valence-corrected chi connectivity index (χ4v) is 7.52. The SMILES string of the molecule is COc1cccc2cc(C(=O)Nc3ccc4[nH]c(C(=O)N5CCc6c5cc(OC(=O)N5C[C@H](CO)C[C@@H]5O)c5[nH]c(C(F)(F)F)c(C(=O)OCCl)c65)cc4c3)oc12. The number of alkyl halides is 4. The molecule has 0 unspecified atom stereocenters. The van der Waals surface area contributed by atoms with E-state index in [9.17, 15) is 42.6 Å². The molecule has 0 spiro atoms. The maximum atomic E-state index is 14.5. The average Bonchev–Trinajstić information content (AvgIpc) is 4.01. The van der Waals surface area contributed by atoms with Gasteiger partial charge in [-0.2, -0.15) is 13.2 Å². The Morgan fingerprint density at radius 1 is 1.05 bits per heavy atom. The number of carbonyl (C=O) groups is 4. The number of aliphatic hydroxyl groups is 2. The number of aromatic amines is 2. The molecule has 0 aliphatic carbocycles. The van der Waals surface area contributed by atoms with Crippen molar-refractivity contribution in [1.29, 1.82) is 0 Å². The Balaban J connectivity index is 1.14. The molecule has 296 valence electrons. The first-order valence-corrected chi connectivity index (χ1v) is 17.9. The summed E-state index contributed by atoms with van der Waals surface area (Å²) in [4.78, 5) is 61.1. The van der Waals surface area contributed by atoms with Crippen LogP contribution in [-0.2, 0) is 17.3 Å². The molecule has 1 saturated heterocycles. The van der Waals surface area contributed by atoms with Crippen LogP contribution in [0.2, 0.25) is 0 Å². The van der Waals surface area contributed by atoms with E-state index < -0.39 is 65.3 Å². The molecule has 1 fully saturated rings. The van der Waals surface area contributed by atoms with Gasteiger partial charge in [0.05, 0.1) is 23.9 Å². The van der Waals surface area contributed by atoms with Gasteiger partial charge in [0.15, 0.2) is 28.9 Å². The largest absolute Gasteiger partial charge is 0.493 e. The Morgan fingerprint density at radius 2 is 1.86 bits per heavy atom. The van der Waals surface area contributed by atoms with E-state index in [1.165, 1.54) is 24.1 Å². The lowest BCUT2D eigenvalue weighted by atomic mass is 10.0. The Labute approximate surface area is 323 Å². The first kappa shape index (κ1) is 37.7. The summed E-state index contributed by atoms with van der Waals surface area (Å²) in [5.41, 5.74) is -1.17. The van der Waals surface area contributed by atoms with Gasteiger partial charge in [0, 0.05) is 59.0 Å². The zero-order valence-corrected chi connectivity index (χ0v) is 30.4. The Morgan fingerprint density at radius 3 is 2.58 bits per heavy atom. The number of fused-ring (bicyclic) bond motifs is 5. The van der Waals surface area contributed by atoms with Crippen LogP contribution in [0.1, 0.15) is 49.1 Å². The molecule has 6 aromatic rings. The van der Waals surface area contributed by atoms with Crippen LogP contribution < -0.4 is 19.7 Å². The van der Waals surface area contributed by atoms with Gasteiger partial charge in [-0.1, -0.05) is 23.7 Å². The molecule has 5 heterocycles. The van der Waals surface area contributed by atoms with Crippen molar-refractivity contribution in [2.45, 2.75) is 25.2 Å². The quantitative estimate of drug-likeness (QED) is 0.0851. The lowest BCUT2D eigenvalue weighted by molar-refractivity contribution is -0.141. The van der Waals surface area contributed by atoms with Gasteiger partial charge >= 0.3 is 18.2 Å². The van der Waals surface area contributed by atoms with Gasteiger partial charge in [-0.25, -0.2) is 9.59 Å². The molecule has 0 radical (unpaired) electrons. The summed E-state index contributed by atoms with van der Waals surface area (Å²) in [6.45, 7) is -0.470. The van der Waals surface area contributed by atoms with E-state index in [0.717, 1.165) is 4.90 Å². The Kier molecular flexibility index (Phi) is 9.49. The molecule has 2 atom stereocenters. The van der Waals surface area contributed by atoms with Crippen LogP contribution in [0.4, 0.5) is 29.3 Å². The lowest BCUT2D eigenvalue weighted by Gasteiger charge is -2.21. The number of aliphatic hydroxyl groups excluding tert-OH is 2. The van der Waals surface area contributed by atoms with Crippen molar-refractivity contribution in [3.05, 3.63) is 82.9 Å². The van der Waals surface area contributed by atoms with Gasteiger partial charge in [-0.15, -0.1) is 0 Å².